The number of esters is 1. The van der Waals surface area contributed by atoms with Gasteiger partial charge in [0.2, 0.25) is 5.78 Å². The zero-order chi connectivity index (χ0) is 27.9. The van der Waals surface area contributed by atoms with Crippen LogP contribution in [0.5, 0.6) is 17.2 Å². The normalized spacial score (nSPS) is 17.4. The second kappa shape index (κ2) is 10.4. The third-order valence-corrected chi connectivity index (χ3v) is 7.62. The number of rotatable bonds is 6. The first kappa shape index (κ1) is 26.7. The molecule has 1 unspecified atom stereocenters. The lowest BCUT2D eigenvalue weighted by atomic mass is 9.89. The van der Waals surface area contributed by atoms with Gasteiger partial charge in [-0.05, 0) is 73.2 Å². The summed E-state index contributed by atoms with van der Waals surface area (Å²) in [6, 6.07) is 12.3. The Kier molecular flexibility index (Phi) is 7.10. The van der Waals surface area contributed by atoms with E-state index < -0.39 is 5.60 Å². The van der Waals surface area contributed by atoms with Crippen LogP contribution in [0.2, 0.25) is 0 Å². The Morgan fingerprint density at radius 1 is 1.05 bits per heavy atom. The number of aryl methyl sites for hydroxylation is 1. The molecule has 204 valence electrons. The van der Waals surface area contributed by atoms with E-state index in [9.17, 15) is 14.0 Å². The lowest BCUT2D eigenvalue weighted by molar-refractivity contribution is -0.141. The molecular weight excluding hydrogens is 499 g/mol. The fourth-order valence-electron chi connectivity index (χ4n) is 5.48. The van der Waals surface area contributed by atoms with E-state index >= 15 is 0 Å². The van der Waals surface area contributed by atoms with Gasteiger partial charge in [0.15, 0.2) is 5.60 Å². The van der Waals surface area contributed by atoms with Crippen LogP contribution >= 0.6 is 0 Å². The van der Waals surface area contributed by atoms with Crippen molar-refractivity contribution in [1.82, 2.24) is 0 Å². The largest absolute Gasteiger partial charge is 0.492 e. The number of fused-ring (bicyclic) bond motifs is 2. The van der Waals surface area contributed by atoms with E-state index in [1.165, 1.54) is 13.2 Å². The number of carbonyl (C=O) groups excluding carboxylic acids is 2. The van der Waals surface area contributed by atoms with Crippen LogP contribution in [0.4, 0.5) is 4.39 Å². The van der Waals surface area contributed by atoms with E-state index in [0.717, 1.165) is 40.7 Å². The van der Waals surface area contributed by atoms with Crippen LogP contribution in [-0.2, 0) is 16.1 Å². The summed E-state index contributed by atoms with van der Waals surface area (Å²) >= 11 is 0. The molecule has 1 atom stereocenters. The molecule has 0 aromatic heterocycles. The maximum absolute atomic E-state index is 14.8. The maximum Gasteiger partial charge on any atom is 0.306 e. The van der Waals surface area contributed by atoms with Gasteiger partial charge in [-0.2, -0.15) is 0 Å². The van der Waals surface area contributed by atoms with Crippen molar-refractivity contribution in [3.63, 3.8) is 0 Å². The molecule has 0 amide bonds. The average molecular weight is 533 g/mol. The minimum atomic E-state index is -0.654. The van der Waals surface area contributed by atoms with Crippen molar-refractivity contribution in [2.75, 3.05) is 13.7 Å². The Morgan fingerprint density at radius 2 is 1.82 bits per heavy atom. The van der Waals surface area contributed by atoms with E-state index in [2.05, 4.69) is 0 Å². The Balaban J connectivity index is 0.00000151. The number of Topliss-reactive ketones (excluding diaryl/α,β-unsaturated/α-hetero) is 1. The summed E-state index contributed by atoms with van der Waals surface area (Å²) in [6.45, 7) is 8.34. The molecule has 0 radical (unpaired) electrons. The van der Waals surface area contributed by atoms with Crippen LogP contribution in [0.3, 0.4) is 0 Å². The highest BCUT2D eigenvalue weighted by Crippen LogP contribution is 2.52. The molecule has 1 spiro atoms. The zero-order valence-corrected chi connectivity index (χ0v) is 23.0. The number of carbonyl (C=O) groups is 2. The first-order chi connectivity index (χ1) is 18.8. The van der Waals surface area contributed by atoms with Gasteiger partial charge in [-0.1, -0.05) is 26.0 Å². The first-order valence-corrected chi connectivity index (χ1v) is 13.4. The molecule has 6 nitrogen and oxygen atoms in total. The second-order valence-electron chi connectivity index (χ2n) is 10.1. The summed E-state index contributed by atoms with van der Waals surface area (Å²) in [5, 5.41) is 0. The minimum Gasteiger partial charge on any atom is -0.492 e. The molecule has 3 aliphatic rings. The fourth-order valence-corrected chi connectivity index (χ4v) is 5.48. The van der Waals surface area contributed by atoms with Crippen molar-refractivity contribution >= 4 is 11.8 Å². The van der Waals surface area contributed by atoms with Crippen molar-refractivity contribution in [1.29, 1.82) is 0 Å². The molecule has 0 N–H and O–H groups in total. The Bertz CT molecular complexity index is 1460. The van der Waals surface area contributed by atoms with Crippen LogP contribution < -0.4 is 14.2 Å². The highest BCUT2D eigenvalue weighted by Gasteiger charge is 2.58. The number of halogens is 1. The quantitative estimate of drug-likeness (QED) is 0.323. The maximum atomic E-state index is 14.8. The second-order valence-corrected chi connectivity index (χ2v) is 10.1. The predicted molar refractivity (Wildman–Crippen MR) is 145 cm³/mol. The third kappa shape index (κ3) is 4.75. The van der Waals surface area contributed by atoms with Gasteiger partial charge in [0.05, 0.1) is 25.7 Å². The van der Waals surface area contributed by atoms with Gasteiger partial charge in [0.1, 0.15) is 29.7 Å². The lowest BCUT2D eigenvalue weighted by Crippen LogP contribution is -2.22. The molecule has 0 saturated heterocycles. The van der Waals surface area contributed by atoms with E-state index in [1.54, 1.807) is 24.3 Å². The van der Waals surface area contributed by atoms with Crippen LogP contribution in [0, 0.1) is 19.7 Å². The number of methoxy groups -OCH3 is 1. The highest BCUT2D eigenvalue weighted by atomic mass is 19.1. The lowest BCUT2D eigenvalue weighted by Gasteiger charge is -2.15. The van der Waals surface area contributed by atoms with Crippen LogP contribution in [-0.4, -0.2) is 31.1 Å². The first-order valence-electron chi connectivity index (χ1n) is 13.4. The van der Waals surface area contributed by atoms with E-state index in [-0.39, 0.29) is 36.5 Å². The molecule has 39 heavy (non-hydrogen) atoms. The molecule has 3 aromatic rings. The number of hydrogen-bond acceptors (Lipinski definition) is 6. The van der Waals surface area contributed by atoms with Gasteiger partial charge in [-0.3, -0.25) is 9.59 Å². The van der Waals surface area contributed by atoms with Crippen molar-refractivity contribution in [3.05, 3.63) is 76.1 Å². The summed E-state index contributed by atoms with van der Waals surface area (Å²) in [5.74, 6) is 1.20. The van der Waals surface area contributed by atoms with Crippen molar-refractivity contribution in [3.8, 4) is 28.4 Å². The Labute approximate surface area is 228 Å². The van der Waals surface area contributed by atoms with Gasteiger partial charge in [0.25, 0.3) is 0 Å². The van der Waals surface area contributed by atoms with Crippen LogP contribution in [0.15, 0.2) is 42.5 Å². The van der Waals surface area contributed by atoms with Gasteiger partial charge < -0.3 is 18.9 Å². The summed E-state index contributed by atoms with van der Waals surface area (Å²) in [6.07, 6.45) is 1.76. The number of ketones is 1. The fraction of sp³-hybridized carbons (Fsp3) is 0.375. The molecule has 6 rings (SSSR count). The topological polar surface area (TPSA) is 71.1 Å². The smallest absolute Gasteiger partial charge is 0.306 e. The van der Waals surface area contributed by atoms with Crippen molar-refractivity contribution in [2.45, 2.75) is 65.1 Å². The van der Waals surface area contributed by atoms with Gasteiger partial charge >= 0.3 is 5.97 Å². The average Bonchev–Trinajstić information content (AvgIpc) is 3.53. The molecule has 1 aliphatic carbocycles. The molecule has 1 fully saturated rings. The molecule has 7 heteroatoms. The monoisotopic (exact) mass is 532 g/mol. The van der Waals surface area contributed by atoms with Crippen molar-refractivity contribution < 1.29 is 32.9 Å². The molecule has 0 bridgehead atoms. The molecule has 1 saturated carbocycles. The Morgan fingerprint density at radius 3 is 2.54 bits per heavy atom. The molecule has 2 aliphatic heterocycles. The van der Waals surface area contributed by atoms with Crippen LogP contribution in [0.1, 0.15) is 71.6 Å². The van der Waals surface area contributed by atoms with Gasteiger partial charge in [-0.15, -0.1) is 0 Å². The molecule has 3 aromatic carbocycles. The van der Waals surface area contributed by atoms with Crippen molar-refractivity contribution in [2.24, 2.45) is 0 Å². The number of ether oxygens (including phenoxy) is 4. The third-order valence-electron chi connectivity index (χ3n) is 7.62. The van der Waals surface area contributed by atoms with E-state index in [1.807, 2.05) is 39.8 Å². The number of hydrogen-bond donors (Lipinski definition) is 0. The highest BCUT2D eigenvalue weighted by molar-refractivity contribution is 6.11. The standard InChI is InChI=1S/C30H27FO6.C2H6/c1-16-10-25-28(29(33)30(37-25)8-9-30)17(2)27(16)18-4-7-23(31)20(11-18)15-35-21-5-6-22-19(12-26(32)34-3)14-36-24(22)13-21;1-2/h4-7,10-11,13,19H,8-9,12,14-15H2,1-3H3;1-2H3. The summed E-state index contributed by atoms with van der Waals surface area (Å²) in [5.41, 5.74) is 4.89. The number of benzene rings is 3. The SMILES string of the molecule is CC.COC(=O)CC1COc2cc(OCc3cc(-c4c(C)cc5c(c4C)C(=O)C4(CC4)O5)ccc3F)ccc21. The summed E-state index contributed by atoms with van der Waals surface area (Å²) in [7, 11) is 1.37. The molecular formula is C32H33FO6. The molecule has 2 heterocycles. The zero-order valence-electron chi connectivity index (χ0n) is 23.0. The van der Waals surface area contributed by atoms with Gasteiger partial charge in [0, 0.05) is 23.1 Å². The van der Waals surface area contributed by atoms with E-state index in [0.29, 0.717) is 35.0 Å². The van der Waals surface area contributed by atoms with Gasteiger partial charge in [-0.25, -0.2) is 4.39 Å². The van der Waals surface area contributed by atoms with E-state index in [4.69, 9.17) is 18.9 Å². The Hall–Kier alpha value is -3.87. The summed E-state index contributed by atoms with van der Waals surface area (Å²) in [4.78, 5) is 24.7. The summed E-state index contributed by atoms with van der Waals surface area (Å²) < 4.78 is 37.2. The minimum absolute atomic E-state index is 0.0260. The predicted octanol–water partition coefficient (Wildman–Crippen LogP) is 6.86. The van der Waals surface area contributed by atoms with Crippen LogP contribution in [0.25, 0.3) is 11.1 Å².